The van der Waals surface area contributed by atoms with Crippen LogP contribution in [0.1, 0.15) is 46.9 Å². The molecule has 0 bridgehead atoms. The van der Waals surface area contributed by atoms with Gasteiger partial charge < -0.3 is 11.1 Å². The zero-order chi connectivity index (χ0) is 15.6. The number of aromatic nitrogens is 2. The molecule has 0 unspecified atom stereocenters. The van der Waals surface area contributed by atoms with Crippen LogP contribution in [0, 0.1) is 6.92 Å². The van der Waals surface area contributed by atoms with E-state index < -0.39 is 5.91 Å². The molecular weight excluding hydrogens is 264 g/mol. The molecule has 0 fully saturated rings. The van der Waals surface area contributed by atoms with Crippen molar-refractivity contribution in [2.45, 2.75) is 33.2 Å². The molecule has 1 heterocycles. The van der Waals surface area contributed by atoms with Crippen LogP contribution in [0.5, 0.6) is 0 Å². The zero-order valence-corrected chi connectivity index (χ0v) is 13.0. The fourth-order valence-electron chi connectivity index (χ4n) is 2.38. The van der Waals surface area contributed by atoms with Crippen molar-refractivity contribution in [3.05, 3.63) is 46.8 Å². The van der Waals surface area contributed by atoms with Crippen molar-refractivity contribution in [1.29, 1.82) is 0 Å². The van der Waals surface area contributed by atoms with E-state index in [1.807, 2.05) is 30.9 Å². The quantitative estimate of drug-likeness (QED) is 0.887. The van der Waals surface area contributed by atoms with Gasteiger partial charge in [-0.1, -0.05) is 13.8 Å². The lowest BCUT2D eigenvalue weighted by Crippen LogP contribution is -2.11. The van der Waals surface area contributed by atoms with E-state index in [0.29, 0.717) is 18.0 Å². The summed E-state index contributed by atoms with van der Waals surface area (Å²) in [6.45, 7) is 6.94. The van der Waals surface area contributed by atoms with Gasteiger partial charge in [0.05, 0.1) is 5.69 Å². The Hall–Kier alpha value is -2.30. The van der Waals surface area contributed by atoms with Gasteiger partial charge in [-0.3, -0.25) is 9.48 Å². The number of nitrogens with one attached hydrogen (secondary N) is 1. The second-order valence-corrected chi connectivity index (χ2v) is 5.62. The molecule has 0 saturated carbocycles. The number of aryl methyl sites for hydroxylation is 2. The Morgan fingerprint density at radius 3 is 2.71 bits per heavy atom. The normalized spacial score (nSPS) is 10.9. The Labute approximate surface area is 125 Å². The van der Waals surface area contributed by atoms with Crippen LogP contribution in [0.4, 0.5) is 5.69 Å². The van der Waals surface area contributed by atoms with Crippen LogP contribution in [0.3, 0.4) is 0 Å². The van der Waals surface area contributed by atoms with Gasteiger partial charge in [0.1, 0.15) is 0 Å². The predicted octanol–water partition coefficient (Wildman–Crippen LogP) is 2.56. The van der Waals surface area contributed by atoms with Crippen molar-refractivity contribution < 1.29 is 4.79 Å². The molecule has 112 valence electrons. The Morgan fingerprint density at radius 1 is 1.43 bits per heavy atom. The lowest BCUT2D eigenvalue weighted by atomic mass is 10.1. The summed E-state index contributed by atoms with van der Waals surface area (Å²) in [6.07, 6.45) is 2.04. The SMILES string of the molecule is Cc1cc(C(N)=O)ccc1NCc1cn(C)nc1C(C)C. The summed E-state index contributed by atoms with van der Waals surface area (Å²) in [5, 5.41) is 7.90. The fraction of sp³-hybridized carbons (Fsp3) is 0.375. The standard InChI is InChI=1S/C16H22N4O/c1-10(2)15-13(9-20(4)19-15)8-18-14-6-5-12(16(17)21)7-11(14)3/h5-7,9-10,18H,8H2,1-4H3,(H2,17,21). The monoisotopic (exact) mass is 286 g/mol. The molecule has 1 aromatic heterocycles. The van der Waals surface area contributed by atoms with Gasteiger partial charge in [0.25, 0.3) is 0 Å². The maximum absolute atomic E-state index is 11.2. The first kappa shape index (κ1) is 15.1. The summed E-state index contributed by atoms with van der Waals surface area (Å²) in [5.74, 6) is -0.0136. The molecule has 21 heavy (non-hydrogen) atoms. The molecule has 2 rings (SSSR count). The van der Waals surface area contributed by atoms with Crippen molar-refractivity contribution in [3.8, 4) is 0 Å². The van der Waals surface area contributed by atoms with E-state index in [-0.39, 0.29) is 0 Å². The molecule has 5 heteroatoms. The van der Waals surface area contributed by atoms with Crippen LogP contribution in [0.2, 0.25) is 0 Å². The predicted molar refractivity (Wildman–Crippen MR) is 84.3 cm³/mol. The molecule has 0 saturated heterocycles. The second kappa shape index (κ2) is 5.99. The van der Waals surface area contributed by atoms with E-state index in [9.17, 15) is 4.79 Å². The van der Waals surface area contributed by atoms with Gasteiger partial charge in [-0.2, -0.15) is 5.10 Å². The van der Waals surface area contributed by atoms with Gasteiger partial charge in [0, 0.05) is 36.6 Å². The lowest BCUT2D eigenvalue weighted by molar-refractivity contribution is 0.1000. The van der Waals surface area contributed by atoms with E-state index in [2.05, 4.69) is 24.3 Å². The molecule has 0 aliphatic carbocycles. The number of nitrogens with two attached hydrogens (primary N) is 1. The van der Waals surface area contributed by atoms with Crippen LogP contribution >= 0.6 is 0 Å². The van der Waals surface area contributed by atoms with Crippen LogP contribution in [-0.2, 0) is 13.6 Å². The van der Waals surface area contributed by atoms with Crippen LogP contribution < -0.4 is 11.1 Å². The van der Waals surface area contributed by atoms with Crippen LogP contribution in [-0.4, -0.2) is 15.7 Å². The van der Waals surface area contributed by atoms with Gasteiger partial charge in [-0.05, 0) is 36.6 Å². The van der Waals surface area contributed by atoms with E-state index in [1.165, 1.54) is 5.56 Å². The molecule has 0 radical (unpaired) electrons. The zero-order valence-electron chi connectivity index (χ0n) is 13.0. The third-order valence-electron chi connectivity index (χ3n) is 3.46. The van der Waals surface area contributed by atoms with Gasteiger partial charge >= 0.3 is 0 Å². The summed E-state index contributed by atoms with van der Waals surface area (Å²) in [6, 6.07) is 5.43. The Bertz CT molecular complexity index is 658. The maximum atomic E-state index is 11.2. The largest absolute Gasteiger partial charge is 0.381 e. The first-order valence-corrected chi connectivity index (χ1v) is 7.05. The van der Waals surface area contributed by atoms with Crippen molar-refractivity contribution >= 4 is 11.6 Å². The number of benzene rings is 1. The van der Waals surface area contributed by atoms with E-state index in [4.69, 9.17) is 5.73 Å². The molecule has 2 aromatic rings. The van der Waals surface area contributed by atoms with Crippen LogP contribution in [0.15, 0.2) is 24.4 Å². The summed E-state index contributed by atoms with van der Waals surface area (Å²) in [4.78, 5) is 11.2. The van der Waals surface area contributed by atoms with Gasteiger partial charge in [-0.25, -0.2) is 0 Å². The highest BCUT2D eigenvalue weighted by Crippen LogP contribution is 2.21. The summed E-state index contributed by atoms with van der Waals surface area (Å²) < 4.78 is 1.84. The minimum atomic E-state index is -0.404. The number of amides is 1. The van der Waals surface area contributed by atoms with E-state index >= 15 is 0 Å². The number of hydrogen-bond acceptors (Lipinski definition) is 3. The number of carbonyl (C=O) groups excluding carboxylic acids is 1. The average Bonchev–Trinajstić information content (AvgIpc) is 2.78. The molecule has 0 spiro atoms. The third kappa shape index (κ3) is 3.42. The van der Waals surface area contributed by atoms with Gasteiger partial charge in [0.15, 0.2) is 0 Å². The third-order valence-corrected chi connectivity index (χ3v) is 3.46. The Kier molecular flexibility index (Phi) is 4.31. The van der Waals surface area contributed by atoms with Crippen LogP contribution in [0.25, 0.3) is 0 Å². The van der Waals surface area contributed by atoms with Crippen molar-refractivity contribution in [3.63, 3.8) is 0 Å². The molecule has 1 amide bonds. The lowest BCUT2D eigenvalue weighted by Gasteiger charge is -2.11. The Morgan fingerprint density at radius 2 is 2.14 bits per heavy atom. The molecule has 0 aliphatic heterocycles. The number of primary amides is 1. The maximum Gasteiger partial charge on any atom is 0.248 e. The first-order chi connectivity index (χ1) is 9.88. The smallest absolute Gasteiger partial charge is 0.248 e. The van der Waals surface area contributed by atoms with Gasteiger partial charge in [-0.15, -0.1) is 0 Å². The molecule has 5 nitrogen and oxygen atoms in total. The number of rotatable bonds is 5. The van der Waals surface area contributed by atoms with Crippen molar-refractivity contribution in [1.82, 2.24) is 9.78 Å². The number of anilines is 1. The van der Waals surface area contributed by atoms with Gasteiger partial charge in [0.2, 0.25) is 5.91 Å². The fourth-order valence-corrected chi connectivity index (χ4v) is 2.38. The van der Waals surface area contributed by atoms with E-state index in [1.54, 1.807) is 12.1 Å². The second-order valence-electron chi connectivity index (χ2n) is 5.62. The number of nitrogens with zero attached hydrogens (tertiary/aromatic N) is 2. The Balaban J connectivity index is 2.15. The molecule has 3 N–H and O–H groups in total. The highest BCUT2D eigenvalue weighted by molar-refractivity contribution is 5.93. The molecular formula is C16H22N4O. The summed E-state index contributed by atoms with van der Waals surface area (Å²) in [5.41, 5.74) is 10.1. The van der Waals surface area contributed by atoms with Crippen molar-refractivity contribution in [2.75, 3.05) is 5.32 Å². The number of hydrogen-bond donors (Lipinski definition) is 2. The summed E-state index contributed by atoms with van der Waals surface area (Å²) in [7, 11) is 1.93. The van der Waals surface area contributed by atoms with E-state index in [0.717, 1.165) is 16.9 Å². The highest BCUT2D eigenvalue weighted by Gasteiger charge is 2.11. The highest BCUT2D eigenvalue weighted by atomic mass is 16.1. The van der Waals surface area contributed by atoms with Crippen molar-refractivity contribution in [2.24, 2.45) is 12.8 Å². The number of carbonyl (C=O) groups is 1. The first-order valence-electron chi connectivity index (χ1n) is 7.05. The topological polar surface area (TPSA) is 72.9 Å². The minimum absolute atomic E-state index is 0.390. The summed E-state index contributed by atoms with van der Waals surface area (Å²) >= 11 is 0. The average molecular weight is 286 g/mol. The molecule has 0 atom stereocenters. The molecule has 1 aromatic carbocycles. The molecule has 0 aliphatic rings. The minimum Gasteiger partial charge on any atom is -0.381 e.